The lowest BCUT2D eigenvalue weighted by Crippen LogP contribution is -2.44. The van der Waals surface area contributed by atoms with Gasteiger partial charge in [0.2, 0.25) is 0 Å². The van der Waals surface area contributed by atoms with Crippen molar-refractivity contribution in [2.45, 2.75) is 129 Å². The molecule has 10 atom stereocenters. The minimum atomic E-state index is -1.24. The molecule has 0 aromatic rings. The molecule has 0 aromatic carbocycles. The molecule has 168 valence electrons. The molecule has 4 aliphatic carbocycles. The highest BCUT2D eigenvalue weighted by Crippen LogP contribution is 2.65. The largest absolute Gasteiger partial charge is 0.0689 e. The number of rotatable bonds is 6. The van der Waals surface area contributed by atoms with Gasteiger partial charge in [0.15, 0.2) is 0 Å². The lowest BCUT2D eigenvalue weighted by atomic mass is 9.70. The van der Waals surface area contributed by atoms with Gasteiger partial charge in [-0.1, -0.05) is 92.2 Å². The molecule has 0 bridgehead atoms. The molecule has 29 heavy (non-hydrogen) atoms. The van der Waals surface area contributed by atoms with Crippen molar-refractivity contribution in [2.24, 2.45) is 47.3 Å². The first-order valence-electron chi connectivity index (χ1n) is 13.9. The Labute approximate surface area is 184 Å². The van der Waals surface area contributed by atoms with Gasteiger partial charge in [-0.25, -0.2) is 0 Å². The summed E-state index contributed by atoms with van der Waals surface area (Å²) in [6.07, 6.45) is 18.6. The van der Waals surface area contributed by atoms with E-state index < -0.39 is 8.07 Å². The zero-order valence-corrected chi connectivity index (χ0v) is 21.8. The number of fused-ring (bicyclic) bond motifs is 2. The van der Waals surface area contributed by atoms with E-state index in [4.69, 9.17) is 0 Å². The molecular weight excluding hydrogens is 364 g/mol. The van der Waals surface area contributed by atoms with Crippen LogP contribution in [-0.2, 0) is 0 Å². The van der Waals surface area contributed by atoms with Crippen LogP contribution in [0.3, 0.4) is 0 Å². The first kappa shape index (κ1) is 22.4. The number of hydrogen-bond acceptors (Lipinski definition) is 0. The Morgan fingerprint density at radius 1 is 0.793 bits per heavy atom. The average molecular weight is 417 g/mol. The molecule has 0 heterocycles. The summed E-state index contributed by atoms with van der Waals surface area (Å²) in [6.45, 7) is 15.9. The van der Waals surface area contributed by atoms with Crippen LogP contribution in [0.15, 0.2) is 0 Å². The molecule has 0 amide bonds. The van der Waals surface area contributed by atoms with Crippen molar-refractivity contribution in [3.05, 3.63) is 0 Å². The monoisotopic (exact) mass is 416 g/mol. The van der Waals surface area contributed by atoms with E-state index in [9.17, 15) is 0 Å². The summed E-state index contributed by atoms with van der Waals surface area (Å²) in [5, 5.41) is 0. The Hall–Kier alpha value is 0.217. The molecule has 0 radical (unpaired) electrons. The van der Waals surface area contributed by atoms with Crippen LogP contribution >= 0.6 is 0 Å². The average Bonchev–Trinajstić information content (AvgIpc) is 3.27. The molecule has 0 aromatic heterocycles. The van der Waals surface area contributed by atoms with Crippen LogP contribution < -0.4 is 0 Å². The van der Waals surface area contributed by atoms with E-state index in [0.717, 1.165) is 58.4 Å². The fourth-order valence-electron chi connectivity index (χ4n) is 9.80. The van der Waals surface area contributed by atoms with Crippen LogP contribution in [0.25, 0.3) is 0 Å². The second-order valence-corrected chi connectivity index (χ2v) is 18.1. The summed E-state index contributed by atoms with van der Waals surface area (Å²) in [7, 11) is -1.24. The molecule has 0 aliphatic heterocycles. The van der Waals surface area contributed by atoms with Gasteiger partial charge in [0.1, 0.15) is 0 Å². The Kier molecular flexibility index (Phi) is 6.95. The van der Waals surface area contributed by atoms with E-state index in [1.54, 1.807) is 57.8 Å². The van der Waals surface area contributed by atoms with E-state index in [1.807, 2.05) is 0 Å². The molecule has 4 aliphatic rings. The smallest absolute Gasteiger partial charge is 0.0541 e. The van der Waals surface area contributed by atoms with Crippen LogP contribution in [0.2, 0.25) is 24.2 Å². The summed E-state index contributed by atoms with van der Waals surface area (Å²) < 4.78 is 0. The van der Waals surface area contributed by atoms with E-state index in [-0.39, 0.29) is 0 Å². The van der Waals surface area contributed by atoms with Gasteiger partial charge in [-0.3, -0.25) is 0 Å². The highest BCUT2D eigenvalue weighted by Gasteiger charge is 2.57. The van der Waals surface area contributed by atoms with Crippen molar-refractivity contribution >= 4 is 8.07 Å². The third-order valence-electron chi connectivity index (χ3n) is 11.3. The third-order valence-corrected chi connectivity index (χ3v) is 16.5. The highest BCUT2D eigenvalue weighted by molar-refractivity contribution is 6.80. The summed E-state index contributed by atoms with van der Waals surface area (Å²) in [5.41, 5.74) is 2.30. The van der Waals surface area contributed by atoms with E-state index in [0.29, 0.717) is 0 Å². The molecule has 10 unspecified atom stereocenters. The minimum absolute atomic E-state index is 0.950. The van der Waals surface area contributed by atoms with Crippen LogP contribution in [0.4, 0.5) is 0 Å². The van der Waals surface area contributed by atoms with Crippen LogP contribution in [0, 0.1) is 47.3 Å². The van der Waals surface area contributed by atoms with Crippen molar-refractivity contribution < 1.29 is 0 Å². The van der Waals surface area contributed by atoms with Crippen molar-refractivity contribution in [1.29, 1.82) is 0 Å². The predicted octanol–water partition coefficient (Wildman–Crippen LogP) is 9.18. The zero-order chi connectivity index (χ0) is 20.8. The molecule has 4 saturated carbocycles. The standard InChI is InChI=1S/C28H52Si/c1-7-19(3)16-22-18-27(24-14-10-9-13-23(22)24)29(5,6)26-17-20(4)28-21(8-2)12-11-15-25(26)28/h19-28H,7-18H2,1-6H3. The third kappa shape index (κ3) is 4.05. The SMILES string of the molecule is CCC(C)CC1CC([Si](C)(C)C2CC(C)C3C(CC)CCCC32)C2CCCCC12. The predicted molar refractivity (Wildman–Crippen MR) is 131 cm³/mol. The number of hydrogen-bond donors (Lipinski definition) is 0. The van der Waals surface area contributed by atoms with Gasteiger partial charge >= 0.3 is 0 Å². The first-order chi connectivity index (χ1) is 13.9. The molecule has 0 saturated heterocycles. The maximum Gasteiger partial charge on any atom is 0.0541 e. The summed E-state index contributed by atoms with van der Waals surface area (Å²) in [5.74, 6) is 8.54. The van der Waals surface area contributed by atoms with Crippen molar-refractivity contribution in [3.8, 4) is 0 Å². The fourth-order valence-corrected chi connectivity index (χ4v) is 15.3. The Balaban J connectivity index is 1.56. The Morgan fingerprint density at radius 2 is 1.45 bits per heavy atom. The van der Waals surface area contributed by atoms with E-state index >= 15 is 0 Å². The molecule has 0 spiro atoms. The van der Waals surface area contributed by atoms with Gasteiger partial charge < -0.3 is 0 Å². The van der Waals surface area contributed by atoms with E-state index in [1.165, 1.54) is 19.3 Å². The molecule has 0 nitrogen and oxygen atoms in total. The van der Waals surface area contributed by atoms with Crippen LogP contribution in [0.1, 0.15) is 105 Å². The topological polar surface area (TPSA) is 0 Å². The van der Waals surface area contributed by atoms with Crippen molar-refractivity contribution in [1.82, 2.24) is 0 Å². The molecule has 4 rings (SSSR count). The molecule has 4 fully saturated rings. The summed E-state index contributed by atoms with van der Waals surface area (Å²) >= 11 is 0. The van der Waals surface area contributed by atoms with Gasteiger partial charge in [0.05, 0.1) is 8.07 Å². The van der Waals surface area contributed by atoms with Crippen LogP contribution in [-0.4, -0.2) is 8.07 Å². The zero-order valence-electron chi connectivity index (χ0n) is 20.8. The fraction of sp³-hybridized carbons (Fsp3) is 1.00. The van der Waals surface area contributed by atoms with Gasteiger partial charge in [0, 0.05) is 0 Å². The quantitative estimate of drug-likeness (QED) is 0.378. The molecular formula is C28H52Si. The van der Waals surface area contributed by atoms with Gasteiger partial charge in [-0.15, -0.1) is 0 Å². The van der Waals surface area contributed by atoms with Crippen molar-refractivity contribution in [2.75, 3.05) is 0 Å². The second-order valence-electron chi connectivity index (χ2n) is 12.9. The normalized spacial score (nSPS) is 46.3. The Bertz CT molecular complexity index is 538. The maximum atomic E-state index is 2.89. The minimum Gasteiger partial charge on any atom is -0.0689 e. The first-order valence-corrected chi connectivity index (χ1v) is 17.0. The molecule has 1 heteroatoms. The van der Waals surface area contributed by atoms with E-state index in [2.05, 4.69) is 40.8 Å². The second kappa shape index (κ2) is 8.99. The van der Waals surface area contributed by atoms with Gasteiger partial charge in [-0.2, -0.15) is 0 Å². The van der Waals surface area contributed by atoms with Crippen LogP contribution in [0.5, 0.6) is 0 Å². The Morgan fingerprint density at radius 3 is 2.14 bits per heavy atom. The maximum absolute atomic E-state index is 2.89. The highest BCUT2D eigenvalue weighted by atomic mass is 28.3. The van der Waals surface area contributed by atoms with Gasteiger partial charge in [-0.05, 0) is 84.1 Å². The lowest BCUT2D eigenvalue weighted by Gasteiger charge is -2.46. The lowest BCUT2D eigenvalue weighted by molar-refractivity contribution is 0.143. The van der Waals surface area contributed by atoms with Crippen molar-refractivity contribution in [3.63, 3.8) is 0 Å². The van der Waals surface area contributed by atoms with Gasteiger partial charge in [0.25, 0.3) is 0 Å². The molecule has 0 N–H and O–H groups in total. The summed E-state index contributed by atoms with van der Waals surface area (Å²) in [6, 6.07) is 0. The summed E-state index contributed by atoms with van der Waals surface area (Å²) in [4.78, 5) is 0.